The van der Waals surface area contributed by atoms with Crippen LogP contribution in [0.3, 0.4) is 0 Å². The number of rotatable bonds is 4. The third-order valence-corrected chi connectivity index (χ3v) is 5.95. The molecule has 1 fully saturated rings. The maximum absolute atomic E-state index is 13.2. The van der Waals surface area contributed by atoms with Crippen molar-refractivity contribution in [1.82, 2.24) is 19.8 Å². The molecule has 2 aromatic rings. The molecule has 0 bridgehead atoms. The molecule has 0 spiro atoms. The van der Waals surface area contributed by atoms with E-state index in [1.165, 1.54) is 12.8 Å². The number of fused-ring (bicyclic) bond motifs is 1. The Bertz CT molecular complexity index is 902. The van der Waals surface area contributed by atoms with Crippen LogP contribution in [0.4, 0.5) is 0 Å². The third kappa shape index (κ3) is 3.92. The fourth-order valence-corrected chi connectivity index (χ4v) is 4.22. The van der Waals surface area contributed by atoms with Gasteiger partial charge in [-0.15, -0.1) is 0 Å². The van der Waals surface area contributed by atoms with Crippen LogP contribution >= 0.6 is 0 Å². The number of amides is 1. The first-order chi connectivity index (χ1) is 14.1. The normalized spacial score (nSPS) is 19.6. The van der Waals surface area contributed by atoms with Crippen LogP contribution in [0, 0.1) is 0 Å². The average molecular weight is 396 g/mol. The zero-order chi connectivity index (χ0) is 20.4. The molecule has 3 heterocycles. The molecular formula is C22H28N4O3. The van der Waals surface area contributed by atoms with E-state index in [0.29, 0.717) is 36.2 Å². The van der Waals surface area contributed by atoms with E-state index in [2.05, 4.69) is 16.9 Å². The van der Waals surface area contributed by atoms with Crippen molar-refractivity contribution in [3.05, 3.63) is 47.0 Å². The van der Waals surface area contributed by atoms with Crippen molar-refractivity contribution >= 4 is 5.91 Å². The topological polar surface area (TPSA) is 67.8 Å². The fraction of sp³-hybridized carbons (Fsp3) is 0.500. The lowest BCUT2D eigenvalue weighted by molar-refractivity contribution is 0.0729. The lowest BCUT2D eigenvalue weighted by Crippen LogP contribution is -2.37. The Labute approximate surface area is 171 Å². The molecule has 0 unspecified atom stereocenters. The summed E-state index contributed by atoms with van der Waals surface area (Å²) in [5.41, 5.74) is 2.60. The van der Waals surface area contributed by atoms with Crippen LogP contribution in [0.1, 0.15) is 52.7 Å². The number of aromatic nitrogens is 2. The van der Waals surface area contributed by atoms with Gasteiger partial charge in [0.05, 0.1) is 31.5 Å². The van der Waals surface area contributed by atoms with Crippen molar-refractivity contribution in [2.75, 3.05) is 34.4 Å². The predicted octanol–water partition coefficient (Wildman–Crippen LogP) is 2.85. The molecule has 1 atom stereocenters. The summed E-state index contributed by atoms with van der Waals surface area (Å²) >= 11 is 0. The van der Waals surface area contributed by atoms with Gasteiger partial charge in [-0.25, -0.2) is 9.97 Å². The van der Waals surface area contributed by atoms with E-state index in [1.54, 1.807) is 32.4 Å². The van der Waals surface area contributed by atoms with Gasteiger partial charge in [-0.3, -0.25) is 9.69 Å². The summed E-state index contributed by atoms with van der Waals surface area (Å²) in [6, 6.07) is 5.59. The zero-order valence-electron chi connectivity index (χ0n) is 17.4. The Morgan fingerprint density at radius 1 is 1.17 bits per heavy atom. The third-order valence-electron chi connectivity index (χ3n) is 5.95. The van der Waals surface area contributed by atoms with Gasteiger partial charge in [0.25, 0.3) is 5.91 Å². The van der Waals surface area contributed by atoms with Gasteiger partial charge in [0, 0.05) is 31.3 Å². The first-order valence-electron chi connectivity index (χ1n) is 10.2. The summed E-state index contributed by atoms with van der Waals surface area (Å²) in [4.78, 5) is 26.9. The highest BCUT2D eigenvalue weighted by Gasteiger charge is 2.28. The largest absolute Gasteiger partial charge is 0.497 e. The van der Waals surface area contributed by atoms with Gasteiger partial charge in [-0.2, -0.15) is 0 Å². The van der Waals surface area contributed by atoms with Crippen molar-refractivity contribution in [2.24, 2.45) is 0 Å². The second-order valence-electron chi connectivity index (χ2n) is 7.74. The van der Waals surface area contributed by atoms with Crippen molar-refractivity contribution in [3.8, 4) is 11.5 Å². The molecular weight excluding hydrogens is 368 g/mol. The van der Waals surface area contributed by atoms with Crippen molar-refractivity contribution in [2.45, 2.75) is 38.3 Å². The number of hydrogen-bond acceptors (Lipinski definition) is 6. The first-order valence-corrected chi connectivity index (χ1v) is 10.2. The van der Waals surface area contributed by atoms with E-state index in [4.69, 9.17) is 14.5 Å². The number of piperidine rings is 1. The van der Waals surface area contributed by atoms with E-state index in [-0.39, 0.29) is 5.91 Å². The lowest BCUT2D eigenvalue weighted by atomic mass is 10.0. The van der Waals surface area contributed by atoms with Gasteiger partial charge in [-0.05, 0) is 44.6 Å². The smallest absolute Gasteiger partial charge is 0.258 e. The molecule has 1 saturated heterocycles. The average Bonchev–Trinajstić information content (AvgIpc) is 2.77. The minimum atomic E-state index is -0.0671. The standard InChI is InChI=1S/C22H28N4O3/c1-25-10-5-4-6-19(25)21-23-13-15-14-26(11-9-18(15)24-21)22(27)17-12-16(28-2)7-8-20(17)29-3/h7-8,12-13,19H,4-6,9-11,14H2,1-3H3/t19-/m0/s1. The number of carbonyl (C=O) groups excluding carboxylic acids is 1. The Balaban J connectivity index is 1.54. The molecule has 1 amide bonds. The maximum atomic E-state index is 13.2. The van der Waals surface area contributed by atoms with E-state index >= 15 is 0 Å². The van der Waals surface area contributed by atoms with Crippen LogP contribution in [0.2, 0.25) is 0 Å². The van der Waals surface area contributed by atoms with E-state index < -0.39 is 0 Å². The van der Waals surface area contributed by atoms with Gasteiger partial charge in [0.15, 0.2) is 0 Å². The van der Waals surface area contributed by atoms with Crippen molar-refractivity contribution < 1.29 is 14.3 Å². The minimum absolute atomic E-state index is 0.0671. The molecule has 29 heavy (non-hydrogen) atoms. The minimum Gasteiger partial charge on any atom is -0.497 e. The molecule has 0 saturated carbocycles. The molecule has 0 N–H and O–H groups in total. The van der Waals surface area contributed by atoms with Crippen molar-refractivity contribution in [3.63, 3.8) is 0 Å². The van der Waals surface area contributed by atoms with Gasteiger partial charge >= 0.3 is 0 Å². The Morgan fingerprint density at radius 2 is 2.03 bits per heavy atom. The number of ether oxygens (including phenoxy) is 2. The monoisotopic (exact) mass is 396 g/mol. The number of benzene rings is 1. The van der Waals surface area contributed by atoms with Crippen LogP contribution in [0.5, 0.6) is 11.5 Å². The molecule has 1 aromatic carbocycles. The first kappa shape index (κ1) is 19.6. The summed E-state index contributed by atoms with van der Waals surface area (Å²) in [6.07, 6.45) is 6.21. The Hall–Kier alpha value is -2.67. The Morgan fingerprint density at radius 3 is 2.79 bits per heavy atom. The quantitative estimate of drug-likeness (QED) is 0.792. The molecule has 4 rings (SSSR count). The van der Waals surface area contributed by atoms with Crippen LogP contribution in [0.15, 0.2) is 24.4 Å². The molecule has 154 valence electrons. The number of carbonyl (C=O) groups is 1. The number of methoxy groups -OCH3 is 2. The maximum Gasteiger partial charge on any atom is 0.258 e. The summed E-state index contributed by atoms with van der Waals surface area (Å²) in [6.45, 7) is 2.23. The highest BCUT2D eigenvalue weighted by atomic mass is 16.5. The number of nitrogens with zero attached hydrogens (tertiary/aromatic N) is 4. The SMILES string of the molecule is COc1ccc(OC)c(C(=O)N2CCc3nc([C@@H]4CCCCN4C)ncc3C2)c1. The highest BCUT2D eigenvalue weighted by molar-refractivity contribution is 5.97. The van der Waals surface area contributed by atoms with Gasteiger partial charge in [0.1, 0.15) is 17.3 Å². The zero-order valence-corrected chi connectivity index (χ0v) is 17.4. The summed E-state index contributed by atoms with van der Waals surface area (Å²) in [7, 11) is 5.31. The van der Waals surface area contributed by atoms with E-state index in [0.717, 1.165) is 36.5 Å². The Kier molecular flexibility index (Phi) is 5.67. The number of likely N-dealkylation sites (tertiary alicyclic amines) is 1. The van der Waals surface area contributed by atoms with Gasteiger partial charge < -0.3 is 14.4 Å². The molecule has 2 aliphatic rings. The molecule has 2 aliphatic heterocycles. The fourth-order valence-electron chi connectivity index (χ4n) is 4.22. The molecule has 0 aliphatic carbocycles. The molecule has 7 heteroatoms. The van der Waals surface area contributed by atoms with E-state index in [9.17, 15) is 4.79 Å². The van der Waals surface area contributed by atoms with Crippen LogP contribution < -0.4 is 9.47 Å². The van der Waals surface area contributed by atoms with E-state index in [1.807, 2.05) is 11.1 Å². The summed E-state index contributed by atoms with van der Waals surface area (Å²) in [5, 5.41) is 0. The highest BCUT2D eigenvalue weighted by Crippen LogP contribution is 2.30. The molecule has 1 aromatic heterocycles. The molecule has 7 nitrogen and oxygen atoms in total. The summed E-state index contributed by atoms with van der Waals surface area (Å²) < 4.78 is 10.7. The van der Waals surface area contributed by atoms with Crippen molar-refractivity contribution in [1.29, 1.82) is 0 Å². The summed E-state index contributed by atoms with van der Waals surface area (Å²) in [5.74, 6) is 2.03. The second kappa shape index (κ2) is 8.37. The van der Waals surface area contributed by atoms with Crippen LogP contribution in [-0.4, -0.2) is 60.0 Å². The van der Waals surface area contributed by atoms with Gasteiger partial charge in [-0.1, -0.05) is 6.42 Å². The predicted molar refractivity (Wildman–Crippen MR) is 109 cm³/mol. The second-order valence-corrected chi connectivity index (χ2v) is 7.74. The number of hydrogen-bond donors (Lipinski definition) is 0. The van der Waals surface area contributed by atoms with Crippen LogP contribution in [-0.2, 0) is 13.0 Å². The molecule has 0 radical (unpaired) electrons. The lowest BCUT2D eigenvalue weighted by Gasteiger charge is -2.33. The van der Waals surface area contributed by atoms with Gasteiger partial charge in [0.2, 0.25) is 0 Å². The van der Waals surface area contributed by atoms with Crippen LogP contribution in [0.25, 0.3) is 0 Å².